The first kappa shape index (κ1) is 25.2. The Morgan fingerprint density at radius 3 is 2.53 bits per heavy atom. The Labute approximate surface area is 196 Å². The molecule has 1 aromatic heterocycles. The van der Waals surface area contributed by atoms with Gasteiger partial charge in [0.2, 0.25) is 0 Å². The highest BCUT2D eigenvalue weighted by molar-refractivity contribution is 5.82. The number of esters is 1. The second kappa shape index (κ2) is 10.2. The lowest BCUT2D eigenvalue weighted by Gasteiger charge is -2.29. The highest BCUT2D eigenvalue weighted by Gasteiger charge is 2.44. The average molecular weight is 475 g/mol. The van der Waals surface area contributed by atoms with Crippen LogP contribution in [-0.4, -0.2) is 51.5 Å². The molecule has 1 amide bonds. The molecule has 1 aliphatic heterocycles. The van der Waals surface area contributed by atoms with E-state index in [1.807, 2.05) is 30.3 Å². The second-order valence-electron chi connectivity index (χ2n) is 9.05. The zero-order valence-corrected chi connectivity index (χ0v) is 19.9. The highest BCUT2D eigenvalue weighted by atomic mass is 16.7. The Morgan fingerprint density at radius 1 is 1.24 bits per heavy atom. The summed E-state index contributed by atoms with van der Waals surface area (Å²) in [6.45, 7) is 6.97. The number of carbonyl (C=O) groups is 2. The van der Waals surface area contributed by atoms with Crippen molar-refractivity contribution in [2.75, 3.05) is 7.11 Å². The molecule has 0 saturated carbocycles. The highest BCUT2D eigenvalue weighted by Crippen LogP contribution is 2.32. The SMILES string of the molecule is COC(=O)[C@H](NC(=O)OC(C)(C)C)[C@H]1C[C@H](n2cc(C)c(=O)[nH]c2=O)ON1Cc1ccccc1. The minimum Gasteiger partial charge on any atom is -0.467 e. The summed E-state index contributed by atoms with van der Waals surface area (Å²) in [6.07, 6.45) is -0.0654. The summed E-state index contributed by atoms with van der Waals surface area (Å²) in [6, 6.07) is 7.53. The maximum atomic E-state index is 12.7. The number of aromatic nitrogens is 2. The molecule has 0 bridgehead atoms. The largest absolute Gasteiger partial charge is 0.467 e. The monoisotopic (exact) mass is 474 g/mol. The van der Waals surface area contributed by atoms with Crippen molar-refractivity contribution in [2.24, 2.45) is 0 Å². The van der Waals surface area contributed by atoms with Crippen molar-refractivity contribution < 1.29 is 23.9 Å². The number of amides is 1. The Morgan fingerprint density at radius 2 is 1.91 bits per heavy atom. The molecule has 2 aromatic rings. The maximum absolute atomic E-state index is 12.7. The molecule has 0 aliphatic carbocycles. The van der Waals surface area contributed by atoms with Crippen LogP contribution >= 0.6 is 0 Å². The standard InChI is InChI=1S/C23H30N4O7/c1-14-12-26(21(30)25-19(14)28)17-11-16(27(34-17)13-15-9-7-6-8-10-15)18(20(29)32-5)24-22(31)33-23(2,3)4/h6-10,12,16-18H,11,13H2,1-5H3,(H,24,31)(H,25,28,30)/t16-,17-,18-/m1/s1. The summed E-state index contributed by atoms with van der Waals surface area (Å²) in [5.41, 5.74) is -0.687. The van der Waals surface area contributed by atoms with Gasteiger partial charge >= 0.3 is 17.8 Å². The Hall–Kier alpha value is -3.44. The van der Waals surface area contributed by atoms with Gasteiger partial charge in [-0.05, 0) is 33.3 Å². The van der Waals surface area contributed by atoms with Crippen molar-refractivity contribution in [1.82, 2.24) is 19.9 Å². The first-order valence-electron chi connectivity index (χ1n) is 10.8. The number of rotatable bonds is 6. The molecule has 11 heteroatoms. The van der Waals surface area contributed by atoms with Gasteiger partial charge in [-0.3, -0.25) is 19.2 Å². The zero-order chi connectivity index (χ0) is 25.0. The first-order chi connectivity index (χ1) is 16.0. The zero-order valence-electron chi connectivity index (χ0n) is 19.9. The fraction of sp³-hybridized carbons (Fsp3) is 0.478. The van der Waals surface area contributed by atoms with Gasteiger partial charge < -0.3 is 14.8 Å². The van der Waals surface area contributed by atoms with Crippen LogP contribution in [0, 0.1) is 6.92 Å². The van der Waals surface area contributed by atoms with Gasteiger partial charge in [-0.15, -0.1) is 0 Å². The number of hydrogen-bond acceptors (Lipinski definition) is 8. The summed E-state index contributed by atoms with van der Waals surface area (Å²) in [7, 11) is 1.22. The van der Waals surface area contributed by atoms with E-state index >= 15 is 0 Å². The Balaban J connectivity index is 1.95. The number of H-pyrrole nitrogens is 1. The lowest BCUT2D eigenvalue weighted by Crippen LogP contribution is -2.54. The van der Waals surface area contributed by atoms with Gasteiger partial charge in [0.25, 0.3) is 5.56 Å². The van der Waals surface area contributed by atoms with Crippen LogP contribution in [0.25, 0.3) is 0 Å². The van der Waals surface area contributed by atoms with Crippen LogP contribution in [0.2, 0.25) is 0 Å². The number of methoxy groups -OCH3 is 1. The molecule has 1 fully saturated rings. The minimum absolute atomic E-state index is 0.147. The van der Waals surface area contributed by atoms with E-state index in [1.54, 1.807) is 27.7 Å². The third kappa shape index (κ3) is 6.12. The first-order valence-corrected chi connectivity index (χ1v) is 10.8. The third-order valence-electron chi connectivity index (χ3n) is 5.22. The molecule has 1 saturated heterocycles. The molecule has 0 radical (unpaired) electrons. The summed E-state index contributed by atoms with van der Waals surface area (Å²) >= 11 is 0. The number of benzene rings is 1. The number of nitrogens with one attached hydrogen (secondary N) is 2. The number of alkyl carbamates (subject to hydrolysis) is 1. The van der Waals surface area contributed by atoms with Crippen molar-refractivity contribution >= 4 is 12.1 Å². The van der Waals surface area contributed by atoms with E-state index in [0.29, 0.717) is 5.56 Å². The molecule has 184 valence electrons. The van der Waals surface area contributed by atoms with Crippen molar-refractivity contribution in [3.05, 3.63) is 68.5 Å². The molecule has 1 aliphatic rings. The Bertz CT molecular complexity index is 1140. The van der Waals surface area contributed by atoms with Gasteiger partial charge in [-0.1, -0.05) is 30.3 Å². The number of aromatic amines is 1. The molecule has 0 spiro atoms. The van der Waals surface area contributed by atoms with Crippen LogP contribution in [0.5, 0.6) is 0 Å². The van der Waals surface area contributed by atoms with E-state index in [-0.39, 0.29) is 13.0 Å². The number of ether oxygens (including phenoxy) is 2. The average Bonchev–Trinajstić information content (AvgIpc) is 3.16. The van der Waals surface area contributed by atoms with Crippen LogP contribution in [-0.2, 0) is 25.7 Å². The van der Waals surface area contributed by atoms with Crippen LogP contribution < -0.4 is 16.6 Å². The van der Waals surface area contributed by atoms with Crippen LogP contribution in [0.4, 0.5) is 4.79 Å². The molecule has 34 heavy (non-hydrogen) atoms. The lowest BCUT2D eigenvalue weighted by atomic mass is 10.0. The lowest BCUT2D eigenvalue weighted by molar-refractivity contribution is -0.196. The summed E-state index contributed by atoms with van der Waals surface area (Å²) in [5, 5.41) is 4.12. The topological polar surface area (TPSA) is 132 Å². The van der Waals surface area contributed by atoms with Gasteiger partial charge in [0, 0.05) is 24.7 Å². The number of hydrogen-bond donors (Lipinski definition) is 2. The predicted molar refractivity (Wildman–Crippen MR) is 122 cm³/mol. The van der Waals surface area contributed by atoms with E-state index in [2.05, 4.69) is 10.3 Å². The summed E-state index contributed by atoms with van der Waals surface area (Å²) in [4.78, 5) is 57.8. The smallest absolute Gasteiger partial charge is 0.408 e. The van der Waals surface area contributed by atoms with Crippen molar-refractivity contribution in [3.8, 4) is 0 Å². The van der Waals surface area contributed by atoms with E-state index in [0.717, 1.165) is 5.56 Å². The molecule has 3 rings (SSSR count). The van der Waals surface area contributed by atoms with Crippen LogP contribution in [0.15, 0.2) is 46.1 Å². The third-order valence-corrected chi connectivity index (χ3v) is 5.22. The quantitative estimate of drug-likeness (QED) is 0.604. The fourth-order valence-corrected chi connectivity index (χ4v) is 3.66. The number of carbonyl (C=O) groups excluding carboxylic acids is 2. The van der Waals surface area contributed by atoms with Gasteiger partial charge in [-0.25, -0.2) is 14.4 Å². The second-order valence-corrected chi connectivity index (χ2v) is 9.05. The minimum atomic E-state index is -1.15. The molecule has 3 atom stereocenters. The molecular formula is C23H30N4O7. The van der Waals surface area contributed by atoms with Crippen molar-refractivity contribution in [1.29, 1.82) is 0 Å². The molecule has 0 unspecified atom stereocenters. The van der Waals surface area contributed by atoms with Gasteiger partial charge in [0.1, 0.15) is 11.6 Å². The van der Waals surface area contributed by atoms with E-state index < -0.39 is 47.2 Å². The van der Waals surface area contributed by atoms with Crippen molar-refractivity contribution in [3.63, 3.8) is 0 Å². The van der Waals surface area contributed by atoms with Gasteiger partial charge in [0.05, 0.1) is 13.2 Å². The molecule has 1 aromatic carbocycles. The fourth-order valence-electron chi connectivity index (χ4n) is 3.66. The van der Waals surface area contributed by atoms with Gasteiger partial charge in [0.15, 0.2) is 6.23 Å². The molecular weight excluding hydrogens is 444 g/mol. The van der Waals surface area contributed by atoms with E-state index in [1.165, 1.54) is 22.9 Å². The predicted octanol–water partition coefficient (Wildman–Crippen LogP) is 1.62. The van der Waals surface area contributed by atoms with Crippen LogP contribution in [0.3, 0.4) is 0 Å². The van der Waals surface area contributed by atoms with E-state index in [9.17, 15) is 19.2 Å². The summed E-state index contributed by atoms with van der Waals surface area (Å²) in [5.74, 6) is -0.692. The number of nitrogens with zero attached hydrogens (tertiary/aromatic N) is 2. The maximum Gasteiger partial charge on any atom is 0.408 e. The number of aryl methyl sites for hydroxylation is 1. The van der Waals surface area contributed by atoms with Gasteiger partial charge in [-0.2, -0.15) is 5.06 Å². The number of hydroxylamine groups is 2. The normalized spacial score (nSPS) is 19.4. The van der Waals surface area contributed by atoms with E-state index in [4.69, 9.17) is 14.3 Å². The molecule has 2 N–H and O–H groups in total. The molecule has 2 heterocycles. The Kier molecular flexibility index (Phi) is 7.57. The van der Waals surface area contributed by atoms with Crippen molar-refractivity contribution in [2.45, 2.75) is 64.6 Å². The van der Waals surface area contributed by atoms with Crippen LogP contribution in [0.1, 0.15) is 44.5 Å². The summed E-state index contributed by atoms with van der Waals surface area (Å²) < 4.78 is 11.5. The molecule has 11 nitrogen and oxygen atoms in total.